The van der Waals surface area contributed by atoms with Gasteiger partial charge >= 0.3 is 0 Å². The molecule has 1 rings (SSSR count). The number of piperidine rings is 1. The van der Waals surface area contributed by atoms with Crippen molar-refractivity contribution in [1.82, 2.24) is 10.2 Å². The second-order valence-electron chi connectivity index (χ2n) is 5.77. The van der Waals surface area contributed by atoms with Gasteiger partial charge in [-0.15, -0.1) is 0 Å². The summed E-state index contributed by atoms with van der Waals surface area (Å²) in [4.78, 5) is 25.5. The van der Waals surface area contributed by atoms with Crippen molar-refractivity contribution >= 4 is 11.8 Å². The van der Waals surface area contributed by atoms with Gasteiger partial charge in [0.15, 0.2) is 0 Å². The van der Waals surface area contributed by atoms with E-state index in [0.29, 0.717) is 19.5 Å². The van der Waals surface area contributed by atoms with E-state index in [-0.39, 0.29) is 23.7 Å². The van der Waals surface area contributed by atoms with Crippen LogP contribution in [0.3, 0.4) is 0 Å². The van der Waals surface area contributed by atoms with Crippen molar-refractivity contribution in [1.29, 1.82) is 0 Å². The van der Waals surface area contributed by atoms with E-state index in [1.807, 2.05) is 20.8 Å². The Balaban J connectivity index is 2.63. The lowest BCUT2D eigenvalue weighted by Crippen LogP contribution is -2.57. The third kappa shape index (κ3) is 3.22. The van der Waals surface area contributed by atoms with E-state index in [1.165, 1.54) is 0 Å². The van der Waals surface area contributed by atoms with Crippen LogP contribution in [0.2, 0.25) is 0 Å². The highest BCUT2D eigenvalue weighted by Crippen LogP contribution is 2.21. The van der Waals surface area contributed by atoms with Crippen LogP contribution >= 0.6 is 0 Å². The zero-order valence-corrected chi connectivity index (χ0v) is 11.8. The lowest BCUT2D eigenvalue weighted by Gasteiger charge is -2.36. The van der Waals surface area contributed by atoms with Gasteiger partial charge in [0.25, 0.3) is 0 Å². The summed E-state index contributed by atoms with van der Waals surface area (Å²) in [5, 5.41) is 3.01. The Hall–Kier alpha value is -1.10. The summed E-state index contributed by atoms with van der Waals surface area (Å²) in [5.74, 6) is 0.0465. The van der Waals surface area contributed by atoms with Crippen molar-refractivity contribution < 1.29 is 9.59 Å². The summed E-state index contributed by atoms with van der Waals surface area (Å²) >= 11 is 0. The van der Waals surface area contributed by atoms with Crippen LogP contribution < -0.4 is 11.1 Å². The highest BCUT2D eigenvalue weighted by Gasteiger charge is 2.34. The first-order valence-electron chi connectivity index (χ1n) is 6.56. The number of rotatable bonds is 4. The second-order valence-corrected chi connectivity index (χ2v) is 5.77. The topological polar surface area (TPSA) is 75.4 Å². The van der Waals surface area contributed by atoms with E-state index >= 15 is 0 Å². The molecular formula is C13H25N3O2. The molecule has 18 heavy (non-hydrogen) atoms. The van der Waals surface area contributed by atoms with Gasteiger partial charge in [-0.1, -0.05) is 13.8 Å². The first-order chi connectivity index (χ1) is 8.30. The van der Waals surface area contributed by atoms with E-state index < -0.39 is 5.54 Å². The normalized spacial score (nSPS) is 24.0. The van der Waals surface area contributed by atoms with Crippen LogP contribution in [-0.2, 0) is 9.59 Å². The summed E-state index contributed by atoms with van der Waals surface area (Å²) < 4.78 is 0. The Kier molecular flexibility index (Phi) is 4.73. The maximum atomic E-state index is 12.2. The fourth-order valence-corrected chi connectivity index (χ4v) is 1.98. The average Bonchev–Trinajstić information content (AvgIpc) is 2.32. The minimum Gasteiger partial charge on any atom is -0.349 e. The lowest BCUT2D eigenvalue weighted by atomic mass is 9.86. The van der Waals surface area contributed by atoms with E-state index in [1.54, 1.807) is 11.9 Å². The molecule has 1 heterocycles. The minimum absolute atomic E-state index is 0.0420. The summed E-state index contributed by atoms with van der Waals surface area (Å²) in [6, 6.07) is 0. The molecule has 2 atom stereocenters. The van der Waals surface area contributed by atoms with E-state index in [9.17, 15) is 9.59 Å². The fourth-order valence-electron chi connectivity index (χ4n) is 1.98. The summed E-state index contributed by atoms with van der Waals surface area (Å²) in [6.07, 6.45) is 1.04. The fraction of sp³-hybridized carbons (Fsp3) is 0.846. The molecule has 1 aliphatic heterocycles. The molecule has 2 amide bonds. The number of hydrogen-bond acceptors (Lipinski definition) is 3. The highest BCUT2D eigenvalue weighted by molar-refractivity contribution is 5.87. The van der Waals surface area contributed by atoms with Crippen LogP contribution in [0.5, 0.6) is 0 Å². The predicted molar refractivity (Wildman–Crippen MR) is 70.8 cm³/mol. The Labute approximate surface area is 109 Å². The zero-order valence-electron chi connectivity index (χ0n) is 11.8. The Morgan fingerprint density at radius 1 is 1.61 bits per heavy atom. The van der Waals surface area contributed by atoms with Crippen LogP contribution in [0.15, 0.2) is 0 Å². The number of likely N-dealkylation sites (tertiary alicyclic amines) is 1. The van der Waals surface area contributed by atoms with Crippen LogP contribution in [0.1, 0.15) is 33.6 Å². The maximum absolute atomic E-state index is 12.2. The van der Waals surface area contributed by atoms with Gasteiger partial charge in [0, 0.05) is 32.5 Å². The average molecular weight is 255 g/mol. The molecule has 5 nitrogen and oxygen atoms in total. The maximum Gasteiger partial charge on any atom is 0.224 e. The molecule has 0 bridgehead atoms. The number of carbonyl (C=O) groups excluding carboxylic acids is 2. The molecule has 104 valence electrons. The lowest BCUT2D eigenvalue weighted by molar-refractivity contribution is -0.140. The van der Waals surface area contributed by atoms with E-state index in [4.69, 9.17) is 5.73 Å². The highest BCUT2D eigenvalue weighted by atomic mass is 16.2. The zero-order chi connectivity index (χ0) is 13.9. The van der Waals surface area contributed by atoms with Crippen LogP contribution in [0.4, 0.5) is 0 Å². The van der Waals surface area contributed by atoms with Crippen LogP contribution in [0.25, 0.3) is 0 Å². The van der Waals surface area contributed by atoms with Gasteiger partial charge < -0.3 is 16.0 Å². The largest absolute Gasteiger partial charge is 0.349 e. The quantitative estimate of drug-likeness (QED) is 0.761. The molecule has 0 radical (unpaired) electrons. The van der Waals surface area contributed by atoms with Gasteiger partial charge in [0.1, 0.15) is 0 Å². The number of carbonyl (C=O) groups is 2. The molecule has 0 aromatic carbocycles. The van der Waals surface area contributed by atoms with Gasteiger partial charge in [-0.25, -0.2) is 0 Å². The molecule has 0 aromatic heterocycles. The number of hydrogen-bond donors (Lipinski definition) is 2. The monoisotopic (exact) mass is 255 g/mol. The second kappa shape index (κ2) is 5.69. The smallest absolute Gasteiger partial charge is 0.224 e. The van der Waals surface area contributed by atoms with E-state index in [0.717, 1.165) is 6.42 Å². The predicted octanol–water partition coefficient (Wildman–Crippen LogP) is 0.344. The van der Waals surface area contributed by atoms with Crippen molar-refractivity contribution in [2.45, 2.75) is 39.2 Å². The minimum atomic E-state index is -0.399. The standard InChI is InChI=1S/C13H25N3O2/c1-9(2)13(3,8-14)15-12(18)10-5-6-16(4)11(17)7-10/h9-10H,5-8,14H2,1-4H3,(H,15,18). The molecule has 0 aromatic rings. The molecule has 2 unspecified atom stereocenters. The number of nitrogens with one attached hydrogen (secondary N) is 1. The van der Waals surface area contributed by atoms with Crippen molar-refractivity contribution in [2.24, 2.45) is 17.6 Å². The van der Waals surface area contributed by atoms with Gasteiger partial charge in [0.2, 0.25) is 11.8 Å². The first kappa shape index (κ1) is 15.0. The third-order valence-corrected chi connectivity index (χ3v) is 4.14. The molecule has 1 saturated heterocycles. The molecular weight excluding hydrogens is 230 g/mol. The molecule has 0 aliphatic carbocycles. The molecule has 1 fully saturated rings. The Bertz CT molecular complexity index is 330. The Morgan fingerprint density at radius 3 is 2.67 bits per heavy atom. The van der Waals surface area contributed by atoms with Crippen molar-refractivity contribution in [3.8, 4) is 0 Å². The first-order valence-corrected chi connectivity index (χ1v) is 6.56. The summed E-state index contributed by atoms with van der Waals surface area (Å²) in [5.41, 5.74) is 5.35. The van der Waals surface area contributed by atoms with Crippen molar-refractivity contribution in [2.75, 3.05) is 20.1 Å². The van der Waals surface area contributed by atoms with Gasteiger partial charge in [-0.3, -0.25) is 9.59 Å². The van der Waals surface area contributed by atoms with Crippen molar-refractivity contribution in [3.63, 3.8) is 0 Å². The molecule has 0 saturated carbocycles. The molecule has 5 heteroatoms. The Morgan fingerprint density at radius 2 is 2.22 bits per heavy atom. The van der Waals surface area contributed by atoms with Crippen molar-refractivity contribution in [3.05, 3.63) is 0 Å². The summed E-state index contributed by atoms with van der Waals surface area (Å²) in [6.45, 7) is 7.07. The summed E-state index contributed by atoms with van der Waals surface area (Å²) in [7, 11) is 1.77. The van der Waals surface area contributed by atoms with Crippen LogP contribution in [-0.4, -0.2) is 42.4 Å². The van der Waals surface area contributed by atoms with Gasteiger partial charge in [-0.2, -0.15) is 0 Å². The SMILES string of the molecule is CC(C)C(C)(CN)NC(=O)C1CCN(C)C(=O)C1. The number of amides is 2. The van der Waals surface area contributed by atoms with E-state index in [2.05, 4.69) is 5.32 Å². The number of nitrogens with zero attached hydrogens (tertiary/aromatic N) is 1. The molecule has 3 N–H and O–H groups in total. The molecule has 1 aliphatic rings. The number of nitrogens with two attached hydrogens (primary N) is 1. The van der Waals surface area contributed by atoms with Crippen LogP contribution in [0, 0.1) is 11.8 Å². The third-order valence-electron chi connectivity index (χ3n) is 4.14. The van der Waals surface area contributed by atoms with Gasteiger partial charge in [-0.05, 0) is 19.3 Å². The van der Waals surface area contributed by atoms with Gasteiger partial charge in [0.05, 0.1) is 5.54 Å². The molecule has 0 spiro atoms.